The number of carbonyl (C=O) groups is 2. The predicted molar refractivity (Wildman–Crippen MR) is 107 cm³/mol. The van der Waals surface area contributed by atoms with Gasteiger partial charge in [0, 0.05) is 18.0 Å². The molecule has 1 aromatic heterocycles. The van der Waals surface area contributed by atoms with E-state index in [2.05, 4.69) is 11.7 Å². The molecule has 3 heterocycles. The first kappa shape index (κ1) is 20.5. The lowest BCUT2D eigenvalue weighted by Gasteiger charge is -2.33. The number of nitrogens with zero attached hydrogens (tertiary/aromatic N) is 2. The lowest BCUT2D eigenvalue weighted by atomic mass is 9.99. The van der Waals surface area contributed by atoms with E-state index in [9.17, 15) is 22.8 Å². The van der Waals surface area contributed by atoms with Gasteiger partial charge in [-0.3, -0.25) is 9.59 Å². The molecule has 2 amide bonds. The SMILES string of the molecule is CC1CCCN(C2=C(c3cccs3)C(=O)N(c3ccc(OC(F)(F)F)cc3)C2=O)C1. The van der Waals surface area contributed by atoms with Crippen LogP contribution in [0.3, 0.4) is 0 Å². The number of ether oxygens (including phenoxy) is 1. The van der Waals surface area contributed by atoms with Gasteiger partial charge >= 0.3 is 6.36 Å². The fourth-order valence-electron chi connectivity index (χ4n) is 3.88. The minimum absolute atomic E-state index is 0.202. The minimum Gasteiger partial charge on any atom is -0.406 e. The Kier molecular flexibility index (Phi) is 5.31. The number of hydrogen-bond donors (Lipinski definition) is 0. The van der Waals surface area contributed by atoms with Crippen LogP contribution in [0.4, 0.5) is 18.9 Å². The molecule has 1 aromatic carbocycles. The Morgan fingerprint density at radius 3 is 2.43 bits per heavy atom. The third-order valence-electron chi connectivity index (χ3n) is 5.13. The van der Waals surface area contributed by atoms with Gasteiger partial charge in [-0.05, 0) is 54.5 Å². The van der Waals surface area contributed by atoms with Crippen LogP contribution >= 0.6 is 11.3 Å². The van der Waals surface area contributed by atoms with Crippen molar-refractivity contribution in [1.82, 2.24) is 4.90 Å². The highest BCUT2D eigenvalue weighted by atomic mass is 32.1. The fraction of sp³-hybridized carbons (Fsp3) is 0.333. The van der Waals surface area contributed by atoms with Crippen LogP contribution in [0.1, 0.15) is 24.6 Å². The molecule has 4 rings (SSSR count). The van der Waals surface area contributed by atoms with Gasteiger partial charge in [0.05, 0.1) is 11.3 Å². The second kappa shape index (κ2) is 7.79. The summed E-state index contributed by atoms with van der Waals surface area (Å²) in [7, 11) is 0. The molecule has 1 unspecified atom stereocenters. The summed E-state index contributed by atoms with van der Waals surface area (Å²) in [5.74, 6) is -0.949. The highest BCUT2D eigenvalue weighted by Gasteiger charge is 2.43. The standard InChI is InChI=1S/C21H19F3N2O3S/c1-13-4-2-10-25(12-13)18-17(16-5-3-11-30-16)19(27)26(20(18)28)14-6-8-15(9-7-14)29-21(22,23)24/h3,5-9,11,13H,2,4,10,12H2,1H3. The van der Waals surface area contributed by atoms with Crippen LogP contribution in [0.5, 0.6) is 5.75 Å². The summed E-state index contributed by atoms with van der Waals surface area (Å²) in [6.45, 7) is 3.46. The number of rotatable bonds is 4. The molecule has 0 bridgehead atoms. The van der Waals surface area contributed by atoms with Crippen molar-refractivity contribution in [2.45, 2.75) is 26.1 Å². The van der Waals surface area contributed by atoms with Crippen LogP contribution in [0.25, 0.3) is 5.57 Å². The van der Waals surface area contributed by atoms with E-state index in [1.54, 1.807) is 6.07 Å². The van der Waals surface area contributed by atoms with Crippen molar-refractivity contribution in [3.63, 3.8) is 0 Å². The maximum Gasteiger partial charge on any atom is 0.573 e. The molecule has 158 valence electrons. The zero-order valence-electron chi connectivity index (χ0n) is 16.1. The van der Waals surface area contributed by atoms with E-state index in [4.69, 9.17) is 0 Å². The van der Waals surface area contributed by atoms with Gasteiger partial charge in [0.15, 0.2) is 0 Å². The summed E-state index contributed by atoms with van der Waals surface area (Å²) >= 11 is 1.37. The first-order valence-electron chi connectivity index (χ1n) is 9.52. The molecule has 2 aliphatic heterocycles. The van der Waals surface area contributed by atoms with Crippen LogP contribution in [-0.2, 0) is 9.59 Å². The van der Waals surface area contributed by atoms with Crippen LogP contribution in [0.15, 0.2) is 47.5 Å². The van der Waals surface area contributed by atoms with Gasteiger partial charge in [-0.25, -0.2) is 4.90 Å². The number of anilines is 1. The average molecular weight is 436 g/mol. The first-order valence-corrected chi connectivity index (χ1v) is 10.4. The van der Waals surface area contributed by atoms with Gasteiger partial charge in [-0.15, -0.1) is 24.5 Å². The Balaban J connectivity index is 1.69. The smallest absolute Gasteiger partial charge is 0.406 e. The van der Waals surface area contributed by atoms with Crippen molar-refractivity contribution in [2.75, 3.05) is 18.0 Å². The molecule has 5 nitrogen and oxygen atoms in total. The lowest BCUT2D eigenvalue weighted by Crippen LogP contribution is -2.39. The Morgan fingerprint density at radius 2 is 1.83 bits per heavy atom. The molecule has 0 saturated carbocycles. The number of benzene rings is 1. The van der Waals surface area contributed by atoms with Crippen molar-refractivity contribution in [2.24, 2.45) is 5.92 Å². The largest absolute Gasteiger partial charge is 0.573 e. The number of alkyl halides is 3. The zero-order valence-corrected chi connectivity index (χ0v) is 16.9. The van der Waals surface area contributed by atoms with Crippen LogP contribution in [-0.4, -0.2) is 36.2 Å². The monoisotopic (exact) mass is 436 g/mol. The van der Waals surface area contributed by atoms with Gasteiger partial charge < -0.3 is 9.64 Å². The Labute approximate surface area is 175 Å². The number of piperidine rings is 1. The number of thiophene rings is 1. The predicted octanol–water partition coefficient (Wildman–Crippen LogP) is 4.66. The topological polar surface area (TPSA) is 49.9 Å². The van der Waals surface area contributed by atoms with Crippen molar-refractivity contribution in [1.29, 1.82) is 0 Å². The van der Waals surface area contributed by atoms with Crippen LogP contribution in [0.2, 0.25) is 0 Å². The molecular weight excluding hydrogens is 417 g/mol. The number of amides is 2. The molecule has 0 radical (unpaired) electrons. The Hall–Kier alpha value is -2.81. The summed E-state index contributed by atoms with van der Waals surface area (Å²) in [6.07, 6.45) is -2.83. The van der Waals surface area contributed by atoms with E-state index in [1.165, 1.54) is 23.5 Å². The molecule has 2 aromatic rings. The zero-order chi connectivity index (χ0) is 21.5. The average Bonchev–Trinajstić information content (AvgIpc) is 3.28. The number of halogens is 3. The lowest BCUT2D eigenvalue weighted by molar-refractivity contribution is -0.274. The normalized spacial score (nSPS) is 20.3. The van der Waals surface area contributed by atoms with Gasteiger partial charge in [-0.1, -0.05) is 13.0 Å². The van der Waals surface area contributed by atoms with Gasteiger partial charge in [0.1, 0.15) is 11.4 Å². The summed E-state index contributed by atoms with van der Waals surface area (Å²) in [5, 5.41) is 1.84. The molecule has 0 aliphatic carbocycles. The van der Waals surface area contributed by atoms with E-state index < -0.39 is 23.9 Å². The number of hydrogen-bond acceptors (Lipinski definition) is 5. The summed E-state index contributed by atoms with van der Waals surface area (Å²) < 4.78 is 41.1. The molecule has 0 N–H and O–H groups in total. The van der Waals surface area contributed by atoms with E-state index in [0.717, 1.165) is 29.9 Å². The summed E-state index contributed by atoms with van der Waals surface area (Å²) in [6, 6.07) is 8.36. The summed E-state index contributed by atoms with van der Waals surface area (Å²) in [5.41, 5.74) is 0.915. The second-order valence-corrected chi connectivity index (χ2v) is 8.33. The van der Waals surface area contributed by atoms with Gasteiger partial charge in [0.2, 0.25) is 0 Å². The maximum absolute atomic E-state index is 13.3. The van der Waals surface area contributed by atoms with E-state index >= 15 is 0 Å². The highest BCUT2D eigenvalue weighted by Crippen LogP contribution is 2.38. The van der Waals surface area contributed by atoms with Crippen molar-refractivity contribution < 1.29 is 27.5 Å². The molecule has 2 aliphatic rings. The molecule has 0 spiro atoms. The van der Waals surface area contributed by atoms with Crippen molar-refractivity contribution in [3.8, 4) is 5.75 Å². The summed E-state index contributed by atoms with van der Waals surface area (Å²) in [4.78, 5) is 30.3. The van der Waals surface area contributed by atoms with Gasteiger partial charge in [0.25, 0.3) is 11.8 Å². The number of likely N-dealkylation sites (tertiary alicyclic amines) is 1. The second-order valence-electron chi connectivity index (χ2n) is 7.38. The molecular formula is C21H19F3N2O3S. The Bertz CT molecular complexity index is 984. The van der Waals surface area contributed by atoms with E-state index in [0.29, 0.717) is 35.2 Å². The quantitative estimate of drug-likeness (QED) is 0.654. The molecule has 1 fully saturated rings. The molecule has 9 heteroatoms. The highest BCUT2D eigenvalue weighted by molar-refractivity contribution is 7.11. The van der Waals surface area contributed by atoms with Crippen molar-refractivity contribution >= 4 is 34.4 Å². The fourth-order valence-corrected chi connectivity index (χ4v) is 4.64. The third kappa shape index (κ3) is 3.94. The van der Waals surface area contributed by atoms with Crippen LogP contribution < -0.4 is 9.64 Å². The molecule has 1 saturated heterocycles. The number of carbonyl (C=O) groups excluding carboxylic acids is 2. The minimum atomic E-state index is -4.81. The number of imide groups is 1. The van der Waals surface area contributed by atoms with Gasteiger partial charge in [-0.2, -0.15) is 0 Å². The van der Waals surface area contributed by atoms with Crippen molar-refractivity contribution in [3.05, 3.63) is 52.4 Å². The molecule has 30 heavy (non-hydrogen) atoms. The van der Waals surface area contributed by atoms with Crippen LogP contribution in [0, 0.1) is 5.92 Å². The van der Waals surface area contributed by atoms with E-state index in [-0.39, 0.29) is 5.69 Å². The Morgan fingerprint density at radius 1 is 1.10 bits per heavy atom. The molecule has 1 atom stereocenters. The third-order valence-corrected chi connectivity index (χ3v) is 6.02. The first-order chi connectivity index (χ1) is 14.2. The van der Waals surface area contributed by atoms with E-state index in [1.807, 2.05) is 16.3 Å². The maximum atomic E-state index is 13.3.